The summed E-state index contributed by atoms with van der Waals surface area (Å²) >= 11 is 0. The number of hydrogen-bond acceptors (Lipinski definition) is 4. The first-order valence-corrected chi connectivity index (χ1v) is 18.7. The van der Waals surface area contributed by atoms with Crippen molar-refractivity contribution in [2.24, 2.45) is 17.8 Å². The highest BCUT2D eigenvalue weighted by atomic mass is 15.0. The largest absolute Gasteiger partial charge is 0.208 e. The van der Waals surface area contributed by atoms with Crippen molar-refractivity contribution in [3.8, 4) is 40.2 Å². The zero-order chi connectivity index (χ0) is 34.4. The smallest absolute Gasteiger partial charge is 0.164 e. The van der Waals surface area contributed by atoms with Crippen molar-refractivity contribution in [3.63, 3.8) is 0 Å². The first-order valence-electron chi connectivity index (χ1n) is 18.7. The minimum Gasteiger partial charge on any atom is -0.208 e. The number of aromatic nitrogens is 3. The maximum atomic E-state index is 9.74. The van der Waals surface area contributed by atoms with E-state index in [4.69, 9.17) is 15.0 Å². The first-order chi connectivity index (χ1) is 25.6. The third-order valence-electron chi connectivity index (χ3n) is 12.7. The number of hydrogen-bond donors (Lipinski definition) is 0. The molecule has 0 aliphatic heterocycles. The van der Waals surface area contributed by atoms with Crippen molar-refractivity contribution in [3.05, 3.63) is 139 Å². The molecule has 0 radical (unpaired) electrons. The zero-order valence-electron chi connectivity index (χ0n) is 28.9. The predicted molar refractivity (Wildman–Crippen MR) is 211 cm³/mol. The van der Waals surface area contributed by atoms with Gasteiger partial charge in [-0.15, -0.1) is 0 Å². The minimum absolute atomic E-state index is 0.345. The molecule has 4 nitrogen and oxygen atoms in total. The van der Waals surface area contributed by atoms with E-state index in [1.54, 1.807) is 0 Å². The maximum Gasteiger partial charge on any atom is 0.164 e. The third kappa shape index (κ3) is 4.62. The van der Waals surface area contributed by atoms with E-state index < -0.39 is 0 Å². The van der Waals surface area contributed by atoms with Crippen molar-refractivity contribution >= 4 is 43.1 Å². The Morgan fingerprint density at radius 1 is 0.481 bits per heavy atom. The Hall–Kier alpha value is -5.92. The number of benzene rings is 7. The molecule has 1 heterocycles. The molecule has 0 spiro atoms. The van der Waals surface area contributed by atoms with Crippen LogP contribution in [0.1, 0.15) is 49.7 Å². The minimum atomic E-state index is 0.345. The van der Waals surface area contributed by atoms with Crippen LogP contribution in [0.4, 0.5) is 0 Å². The van der Waals surface area contributed by atoms with Crippen molar-refractivity contribution in [1.82, 2.24) is 15.0 Å². The Labute approximate surface area is 302 Å². The number of fused-ring (bicyclic) bond motifs is 7. The lowest BCUT2D eigenvalue weighted by Gasteiger charge is -2.57. The normalized spacial score (nSPS) is 22.0. The standard InChI is InChI=1S/C48H36N4/c49-28-29-12-18-41-43(23-29)39-10-4-3-9-38(39)40-19-15-35(24-44(40)41)46-50-45(51-47(52-46)42-11-5-7-33-6-1-2-8-37(33)42)34-13-16-36(17-14-34)48-25-30-20-31(26-48)22-32(21-30)27-48/h1-19,23-24,30-32H,20-22,25-27H2. The van der Waals surface area contributed by atoms with E-state index in [0.717, 1.165) is 66.8 Å². The first kappa shape index (κ1) is 29.8. The molecule has 4 heteroatoms. The molecule has 12 rings (SSSR count). The fourth-order valence-corrected chi connectivity index (χ4v) is 10.8. The van der Waals surface area contributed by atoms with E-state index in [-0.39, 0.29) is 0 Å². The van der Waals surface area contributed by atoms with Crippen molar-refractivity contribution in [2.45, 2.75) is 43.9 Å². The molecule has 0 saturated heterocycles. The van der Waals surface area contributed by atoms with Gasteiger partial charge in [-0.05, 0) is 129 Å². The lowest BCUT2D eigenvalue weighted by molar-refractivity contribution is -0.00518. The van der Waals surface area contributed by atoms with Crippen molar-refractivity contribution < 1.29 is 0 Å². The van der Waals surface area contributed by atoms with Gasteiger partial charge in [-0.2, -0.15) is 5.26 Å². The summed E-state index contributed by atoms with van der Waals surface area (Å²) in [5, 5.41) is 18.8. The highest BCUT2D eigenvalue weighted by Crippen LogP contribution is 2.60. The van der Waals surface area contributed by atoms with Gasteiger partial charge in [-0.3, -0.25) is 0 Å². The van der Waals surface area contributed by atoms with E-state index in [0.29, 0.717) is 28.5 Å². The van der Waals surface area contributed by atoms with Crippen LogP contribution < -0.4 is 0 Å². The van der Waals surface area contributed by atoms with Gasteiger partial charge in [0.1, 0.15) is 0 Å². The van der Waals surface area contributed by atoms with E-state index in [2.05, 4.69) is 121 Å². The van der Waals surface area contributed by atoms with Crippen LogP contribution >= 0.6 is 0 Å². The average molecular weight is 669 g/mol. The van der Waals surface area contributed by atoms with E-state index in [1.165, 1.54) is 54.9 Å². The van der Waals surface area contributed by atoms with Gasteiger partial charge >= 0.3 is 0 Å². The third-order valence-corrected chi connectivity index (χ3v) is 12.7. The van der Waals surface area contributed by atoms with Gasteiger partial charge in [0.15, 0.2) is 17.5 Å². The molecular formula is C48H36N4. The number of rotatable bonds is 4. The Morgan fingerprint density at radius 2 is 1.02 bits per heavy atom. The number of nitriles is 1. The molecule has 248 valence electrons. The lowest BCUT2D eigenvalue weighted by atomic mass is 9.48. The Bertz CT molecular complexity index is 2750. The summed E-state index contributed by atoms with van der Waals surface area (Å²) in [5.41, 5.74) is 5.45. The summed E-state index contributed by atoms with van der Waals surface area (Å²) in [7, 11) is 0. The van der Waals surface area contributed by atoms with Crippen LogP contribution in [-0.4, -0.2) is 15.0 Å². The SMILES string of the molecule is N#Cc1ccc2c(c1)c1ccccc1c1ccc(-c3nc(-c4ccc(C56CC7CC(CC(C7)C5)C6)cc4)nc(-c4cccc5ccccc45)n3)cc12. The molecule has 0 N–H and O–H groups in total. The Balaban J connectivity index is 1.09. The monoisotopic (exact) mass is 668 g/mol. The van der Waals surface area contributed by atoms with Crippen LogP contribution in [0.3, 0.4) is 0 Å². The zero-order valence-corrected chi connectivity index (χ0v) is 28.9. The summed E-state index contributed by atoms with van der Waals surface area (Å²) in [4.78, 5) is 15.6. The van der Waals surface area contributed by atoms with Crippen LogP contribution in [0.15, 0.2) is 127 Å². The van der Waals surface area contributed by atoms with Gasteiger partial charge in [0.2, 0.25) is 0 Å². The summed E-state index contributed by atoms with van der Waals surface area (Å²) in [6.07, 6.45) is 8.40. The van der Waals surface area contributed by atoms with Crippen LogP contribution in [0.25, 0.3) is 77.3 Å². The molecule has 4 bridgehead atoms. The quantitative estimate of drug-likeness (QED) is 0.175. The van der Waals surface area contributed by atoms with Crippen molar-refractivity contribution in [2.75, 3.05) is 0 Å². The van der Waals surface area contributed by atoms with Gasteiger partial charge in [0.25, 0.3) is 0 Å². The second-order valence-corrected chi connectivity index (χ2v) is 15.8. The van der Waals surface area contributed by atoms with Crippen LogP contribution in [0.5, 0.6) is 0 Å². The van der Waals surface area contributed by atoms with Gasteiger partial charge in [-0.1, -0.05) is 109 Å². The molecule has 8 aromatic rings. The Kier molecular flexibility index (Phi) is 6.47. The van der Waals surface area contributed by atoms with Gasteiger partial charge < -0.3 is 0 Å². The summed E-state index contributed by atoms with van der Waals surface area (Å²) in [6, 6.07) is 47.4. The molecule has 0 amide bonds. The van der Waals surface area contributed by atoms with E-state index >= 15 is 0 Å². The van der Waals surface area contributed by atoms with Gasteiger partial charge in [0.05, 0.1) is 11.6 Å². The fraction of sp³-hybridized carbons (Fsp3) is 0.208. The van der Waals surface area contributed by atoms with Gasteiger partial charge in [0, 0.05) is 16.7 Å². The maximum absolute atomic E-state index is 9.74. The van der Waals surface area contributed by atoms with Crippen LogP contribution in [-0.2, 0) is 5.41 Å². The lowest BCUT2D eigenvalue weighted by Crippen LogP contribution is -2.48. The van der Waals surface area contributed by atoms with Crippen LogP contribution in [0, 0.1) is 29.1 Å². The predicted octanol–water partition coefficient (Wildman–Crippen LogP) is 11.8. The highest BCUT2D eigenvalue weighted by Gasteiger charge is 2.51. The fourth-order valence-electron chi connectivity index (χ4n) is 10.8. The number of nitrogens with zero attached hydrogens (tertiary/aromatic N) is 4. The molecule has 52 heavy (non-hydrogen) atoms. The second-order valence-electron chi connectivity index (χ2n) is 15.8. The van der Waals surface area contributed by atoms with E-state index in [1.807, 2.05) is 12.1 Å². The van der Waals surface area contributed by atoms with E-state index in [9.17, 15) is 5.26 Å². The molecule has 7 aromatic carbocycles. The second kappa shape index (κ2) is 11.3. The molecule has 4 fully saturated rings. The molecule has 4 saturated carbocycles. The molecule has 1 aromatic heterocycles. The van der Waals surface area contributed by atoms with Crippen molar-refractivity contribution in [1.29, 1.82) is 5.26 Å². The topological polar surface area (TPSA) is 62.5 Å². The molecule has 4 aliphatic carbocycles. The molecule has 0 atom stereocenters. The summed E-state index contributed by atoms with van der Waals surface area (Å²) in [6.45, 7) is 0. The molecular weight excluding hydrogens is 633 g/mol. The Morgan fingerprint density at radius 3 is 1.75 bits per heavy atom. The average Bonchev–Trinajstić information content (AvgIpc) is 3.19. The molecule has 0 unspecified atom stereocenters. The summed E-state index contributed by atoms with van der Waals surface area (Å²) < 4.78 is 0. The highest BCUT2D eigenvalue weighted by molar-refractivity contribution is 6.25. The van der Waals surface area contributed by atoms with Gasteiger partial charge in [-0.25, -0.2) is 15.0 Å². The summed E-state index contributed by atoms with van der Waals surface area (Å²) in [5.74, 6) is 4.73. The van der Waals surface area contributed by atoms with Crippen LogP contribution in [0.2, 0.25) is 0 Å². The molecule has 4 aliphatic rings.